The minimum Gasteiger partial charge on any atom is -0.294 e. The van der Waals surface area contributed by atoms with Crippen molar-refractivity contribution in [2.24, 2.45) is 7.05 Å². The van der Waals surface area contributed by atoms with E-state index in [1.54, 1.807) is 4.68 Å². The molecule has 2 aromatic rings. The molecule has 100 valence electrons. The van der Waals surface area contributed by atoms with Crippen LogP contribution >= 0.6 is 34.2 Å². The van der Waals surface area contributed by atoms with Crippen LogP contribution in [0.5, 0.6) is 0 Å². The highest BCUT2D eigenvalue weighted by Crippen LogP contribution is 2.23. The van der Waals surface area contributed by atoms with Gasteiger partial charge in [0.2, 0.25) is 0 Å². The van der Waals surface area contributed by atoms with Gasteiger partial charge in [-0.25, -0.2) is 0 Å². The molecule has 0 radical (unpaired) electrons. The van der Waals surface area contributed by atoms with Gasteiger partial charge in [-0.05, 0) is 35.1 Å². The molecule has 0 unspecified atom stereocenters. The van der Waals surface area contributed by atoms with Crippen LogP contribution in [0.3, 0.4) is 0 Å². The molecule has 19 heavy (non-hydrogen) atoms. The number of halogens is 2. The first-order chi connectivity index (χ1) is 9.04. The molecule has 0 aliphatic carbocycles. The van der Waals surface area contributed by atoms with Crippen molar-refractivity contribution in [1.82, 2.24) is 9.78 Å². The van der Waals surface area contributed by atoms with Crippen molar-refractivity contribution in [3.63, 3.8) is 0 Å². The van der Waals surface area contributed by atoms with E-state index in [9.17, 15) is 4.79 Å². The lowest BCUT2D eigenvalue weighted by molar-refractivity contribution is 0.0990. The van der Waals surface area contributed by atoms with E-state index in [4.69, 9.17) is 11.6 Å². The molecule has 2 rings (SSSR count). The summed E-state index contributed by atoms with van der Waals surface area (Å²) in [4.78, 5) is 12.3. The van der Waals surface area contributed by atoms with Crippen LogP contribution in [0.15, 0.2) is 24.3 Å². The molecule has 0 aliphatic rings. The Morgan fingerprint density at radius 2 is 2.11 bits per heavy atom. The lowest BCUT2D eigenvalue weighted by atomic mass is 10.1. The van der Waals surface area contributed by atoms with Crippen molar-refractivity contribution >= 4 is 40.0 Å². The Bertz CT molecular complexity index is 622. The van der Waals surface area contributed by atoms with E-state index in [-0.39, 0.29) is 12.2 Å². The average Bonchev–Trinajstić information content (AvgIpc) is 2.66. The molecule has 1 aromatic carbocycles. The molecular formula is C14H14ClIN2O. The van der Waals surface area contributed by atoms with Gasteiger partial charge in [-0.1, -0.05) is 36.7 Å². The Kier molecular flexibility index (Phi) is 4.62. The molecule has 0 saturated carbocycles. The molecule has 0 aliphatic heterocycles. The van der Waals surface area contributed by atoms with Gasteiger partial charge in [0.15, 0.2) is 5.78 Å². The summed E-state index contributed by atoms with van der Waals surface area (Å²) in [7, 11) is 1.82. The molecule has 0 atom stereocenters. The predicted octanol–water partition coefficient (Wildman–Crippen LogP) is 3.67. The molecule has 0 spiro atoms. The third kappa shape index (κ3) is 3.00. The first-order valence-electron chi connectivity index (χ1n) is 6.02. The van der Waals surface area contributed by atoms with E-state index < -0.39 is 0 Å². The van der Waals surface area contributed by atoms with Crippen molar-refractivity contribution in [2.75, 3.05) is 0 Å². The van der Waals surface area contributed by atoms with Crippen molar-refractivity contribution < 1.29 is 4.79 Å². The smallest absolute Gasteiger partial charge is 0.169 e. The topological polar surface area (TPSA) is 34.9 Å². The molecule has 3 nitrogen and oxygen atoms in total. The summed E-state index contributed by atoms with van der Waals surface area (Å²) < 4.78 is 2.66. The number of carbonyl (C=O) groups excluding carboxylic acids is 1. The highest BCUT2D eigenvalue weighted by atomic mass is 127. The fourth-order valence-electron chi connectivity index (χ4n) is 1.95. The summed E-state index contributed by atoms with van der Waals surface area (Å²) in [6, 6.07) is 7.56. The molecule has 0 amide bonds. The number of rotatable bonds is 4. The minimum absolute atomic E-state index is 0.0672. The zero-order valence-electron chi connectivity index (χ0n) is 10.8. The summed E-state index contributed by atoms with van der Waals surface area (Å²) >= 11 is 8.44. The van der Waals surface area contributed by atoms with Gasteiger partial charge in [0, 0.05) is 16.2 Å². The van der Waals surface area contributed by atoms with Gasteiger partial charge >= 0.3 is 0 Å². The van der Waals surface area contributed by atoms with Gasteiger partial charge in [0.05, 0.1) is 22.8 Å². The predicted molar refractivity (Wildman–Crippen MR) is 84.8 cm³/mol. The number of nitrogens with zero attached hydrogens (tertiary/aromatic N) is 2. The van der Waals surface area contributed by atoms with E-state index in [0.29, 0.717) is 5.02 Å². The maximum atomic E-state index is 12.3. The Balaban J connectivity index is 2.30. The van der Waals surface area contributed by atoms with Crippen LogP contribution in [0.1, 0.15) is 28.7 Å². The number of carbonyl (C=O) groups is 1. The molecule has 0 N–H and O–H groups in total. The van der Waals surface area contributed by atoms with Crippen LogP contribution in [0.4, 0.5) is 0 Å². The fourth-order valence-corrected chi connectivity index (χ4v) is 3.00. The monoisotopic (exact) mass is 388 g/mol. The first-order valence-corrected chi connectivity index (χ1v) is 7.48. The number of Topliss-reactive ketones (excluding diaryl/α,β-unsaturated/α-hetero) is 1. The highest BCUT2D eigenvalue weighted by Gasteiger charge is 2.18. The SMILES string of the molecule is CCc1nn(C)c(CC(=O)c2ccccc2I)c1Cl. The van der Waals surface area contributed by atoms with Crippen LogP contribution in [-0.2, 0) is 19.9 Å². The van der Waals surface area contributed by atoms with Gasteiger partial charge in [0.25, 0.3) is 0 Å². The summed E-state index contributed by atoms with van der Waals surface area (Å²) in [5, 5.41) is 4.94. The Morgan fingerprint density at radius 1 is 1.42 bits per heavy atom. The molecule has 5 heteroatoms. The standard InChI is InChI=1S/C14H14ClIN2O/c1-3-11-14(15)12(18(2)17-11)8-13(19)9-6-4-5-7-10(9)16/h4-7H,3,8H2,1-2H3. The van der Waals surface area contributed by atoms with Crippen LogP contribution in [0.25, 0.3) is 0 Å². The Hall–Kier alpha value is -0.880. The van der Waals surface area contributed by atoms with Crippen LogP contribution in [0.2, 0.25) is 5.02 Å². The van der Waals surface area contributed by atoms with Gasteiger partial charge in [-0.3, -0.25) is 9.48 Å². The maximum Gasteiger partial charge on any atom is 0.169 e. The second-order valence-electron chi connectivity index (χ2n) is 4.26. The van der Waals surface area contributed by atoms with Crippen molar-refractivity contribution in [3.8, 4) is 0 Å². The first kappa shape index (κ1) is 14.5. The molecule has 0 bridgehead atoms. The molecular weight excluding hydrogens is 375 g/mol. The van der Waals surface area contributed by atoms with Crippen molar-refractivity contribution in [1.29, 1.82) is 0 Å². The summed E-state index contributed by atoms with van der Waals surface area (Å²) in [5.41, 5.74) is 2.36. The molecule has 0 saturated heterocycles. The number of aromatic nitrogens is 2. The number of benzene rings is 1. The fraction of sp³-hybridized carbons (Fsp3) is 0.286. The van der Waals surface area contributed by atoms with Gasteiger partial charge < -0.3 is 0 Å². The van der Waals surface area contributed by atoms with Gasteiger partial charge in [-0.15, -0.1) is 0 Å². The van der Waals surface area contributed by atoms with E-state index in [1.165, 1.54) is 0 Å². The minimum atomic E-state index is 0.0672. The average molecular weight is 389 g/mol. The van der Waals surface area contributed by atoms with Crippen LogP contribution in [-0.4, -0.2) is 15.6 Å². The highest BCUT2D eigenvalue weighted by molar-refractivity contribution is 14.1. The van der Waals surface area contributed by atoms with Crippen molar-refractivity contribution in [3.05, 3.63) is 49.8 Å². The summed E-state index contributed by atoms with van der Waals surface area (Å²) in [6.45, 7) is 2.00. The third-order valence-corrected chi connectivity index (χ3v) is 4.38. The van der Waals surface area contributed by atoms with E-state index in [0.717, 1.165) is 26.9 Å². The van der Waals surface area contributed by atoms with Gasteiger partial charge in [-0.2, -0.15) is 5.10 Å². The number of hydrogen-bond acceptors (Lipinski definition) is 2. The zero-order valence-corrected chi connectivity index (χ0v) is 13.7. The van der Waals surface area contributed by atoms with E-state index in [2.05, 4.69) is 27.7 Å². The van der Waals surface area contributed by atoms with Crippen LogP contribution in [0, 0.1) is 3.57 Å². The third-order valence-electron chi connectivity index (χ3n) is 3.01. The maximum absolute atomic E-state index is 12.3. The largest absolute Gasteiger partial charge is 0.294 e. The molecule has 0 fully saturated rings. The van der Waals surface area contributed by atoms with Gasteiger partial charge in [0.1, 0.15) is 0 Å². The van der Waals surface area contributed by atoms with Crippen molar-refractivity contribution in [2.45, 2.75) is 19.8 Å². The van der Waals surface area contributed by atoms with E-state index >= 15 is 0 Å². The number of ketones is 1. The second kappa shape index (κ2) is 6.05. The Morgan fingerprint density at radius 3 is 2.68 bits per heavy atom. The zero-order chi connectivity index (χ0) is 14.0. The normalized spacial score (nSPS) is 10.7. The second-order valence-corrected chi connectivity index (χ2v) is 5.80. The summed E-state index contributed by atoms with van der Waals surface area (Å²) in [6.07, 6.45) is 1.05. The Labute approximate surface area is 131 Å². The summed E-state index contributed by atoms with van der Waals surface area (Å²) in [5.74, 6) is 0.0672. The van der Waals surface area contributed by atoms with Crippen LogP contribution < -0.4 is 0 Å². The molecule has 1 aromatic heterocycles. The number of hydrogen-bond donors (Lipinski definition) is 0. The quantitative estimate of drug-likeness (QED) is 0.592. The number of aryl methyl sites for hydroxylation is 2. The lowest BCUT2D eigenvalue weighted by Crippen LogP contribution is -2.09. The lowest BCUT2D eigenvalue weighted by Gasteiger charge is -2.04. The van der Waals surface area contributed by atoms with E-state index in [1.807, 2.05) is 38.2 Å². The molecule has 1 heterocycles.